The van der Waals surface area contributed by atoms with Crippen LogP contribution in [0.15, 0.2) is 107 Å². The molecule has 9 rings (SSSR count). The highest BCUT2D eigenvalue weighted by molar-refractivity contribution is 7.99. The van der Waals surface area contributed by atoms with Gasteiger partial charge in [-0.3, -0.25) is 0 Å². The highest BCUT2D eigenvalue weighted by Gasteiger charge is 2.69. The molecule has 4 heteroatoms. The molecule has 0 radical (unpaired) electrons. The molecule has 0 N–H and O–H groups in total. The Kier molecular flexibility index (Phi) is 3.36. The van der Waals surface area contributed by atoms with E-state index in [9.17, 15) is 0 Å². The largest absolute Gasteiger partial charge is 0.347 e. The number of rotatable bonds is 1. The summed E-state index contributed by atoms with van der Waals surface area (Å²) in [5, 5.41) is 2.64. The van der Waals surface area contributed by atoms with Gasteiger partial charge in [-0.15, -0.1) is 0 Å². The number of benzene rings is 4. The van der Waals surface area contributed by atoms with Gasteiger partial charge in [0.2, 0.25) is 5.69 Å². The predicted octanol–water partition coefficient (Wildman–Crippen LogP) is 6.54. The van der Waals surface area contributed by atoms with E-state index in [4.69, 9.17) is 0 Å². The molecule has 3 aliphatic heterocycles. The molecule has 0 fully saturated rings. The van der Waals surface area contributed by atoms with E-state index in [2.05, 4.69) is 125 Å². The molecule has 0 aliphatic carbocycles. The SMILES string of the molecule is CC(C)n1c2[n+]3c4c(cccc41)Sc1cc4ccccc4c(c1-3)C21c2ccccc2-c2cccc[n+]21. The maximum Gasteiger partial charge on any atom is 0.347 e. The quantitative estimate of drug-likeness (QED) is 0.243. The molecule has 3 nitrogen and oxygen atoms in total. The van der Waals surface area contributed by atoms with Crippen molar-refractivity contribution >= 4 is 33.6 Å². The van der Waals surface area contributed by atoms with Crippen molar-refractivity contribution in [1.82, 2.24) is 4.57 Å². The smallest absolute Gasteiger partial charge is 0.218 e. The maximum atomic E-state index is 2.62. The Labute approximate surface area is 213 Å². The standard InChI is InChI=1S/C32H23N3S/c1-19(2)34-25-15-9-16-26-29(25)35-30-27(36-26)18-20-10-3-4-11-21(20)28(30)32(31(34)35)23-13-6-5-12-22(23)24-14-7-8-17-33(24)32/h3-19H,1-2H3/q+2. The van der Waals surface area contributed by atoms with Crippen molar-refractivity contribution in [2.45, 2.75) is 35.2 Å². The van der Waals surface area contributed by atoms with Crippen molar-refractivity contribution in [3.63, 3.8) is 0 Å². The van der Waals surface area contributed by atoms with Crippen LogP contribution in [0.5, 0.6) is 0 Å². The van der Waals surface area contributed by atoms with E-state index in [-0.39, 0.29) is 0 Å². The van der Waals surface area contributed by atoms with E-state index in [1.54, 1.807) is 0 Å². The molecule has 6 aromatic rings. The lowest BCUT2D eigenvalue weighted by Crippen LogP contribution is -2.57. The number of pyridine rings is 1. The second kappa shape index (κ2) is 6.26. The van der Waals surface area contributed by atoms with Gasteiger partial charge in [-0.1, -0.05) is 60.3 Å². The number of aromatic nitrogens is 3. The van der Waals surface area contributed by atoms with Crippen LogP contribution in [0, 0.1) is 0 Å². The zero-order chi connectivity index (χ0) is 23.8. The van der Waals surface area contributed by atoms with Crippen LogP contribution in [0.3, 0.4) is 0 Å². The summed E-state index contributed by atoms with van der Waals surface area (Å²) in [4.78, 5) is 2.68. The van der Waals surface area contributed by atoms with E-state index < -0.39 is 5.54 Å². The highest BCUT2D eigenvalue weighted by atomic mass is 32.2. The summed E-state index contributed by atoms with van der Waals surface area (Å²) in [6.07, 6.45) is 2.30. The maximum absolute atomic E-state index is 2.62. The third-order valence-electron chi connectivity index (χ3n) is 8.35. The van der Waals surface area contributed by atoms with Crippen molar-refractivity contribution < 1.29 is 9.13 Å². The number of fused-ring (bicyclic) bond motifs is 9. The van der Waals surface area contributed by atoms with E-state index in [1.165, 1.54) is 65.5 Å². The third kappa shape index (κ3) is 1.93. The predicted molar refractivity (Wildman–Crippen MR) is 143 cm³/mol. The number of nitrogens with zero attached hydrogens (tertiary/aromatic N) is 3. The molecule has 1 spiro atoms. The monoisotopic (exact) mass is 481 g/mol. The molecule has 3 aliphatic rings. The van der Waals surface area contributed by atoms with Gasteiger partial charge in [-0.05, 0) is 55.0 Å². The van der Waals surface area contributed by atoms with Gasteiger partial charge in [0, 0.05) is 12.1 Å². The molecular weight excluding hydrogens is 458 g/mol. The minimum Gasteiger partial charge on any atom is -0.218 e. The van der Waals surface area contributed by atoms with Crippen molar-refractivity contribution in [2.75, 3.05) is 0 Å². The van der Waals surface area contributed by atoms with Crippen molar-refractivity contribution in [3.8, 4) is 16.9 Å². The Hall–Kier alpha value is -3.89. The zero-order valence-corrected chi connectivity index (χ0v) is 20.9. The summed E-state index contributed by atoms with van der Waals surface area (Å²) in [5.74, 6) is 1.34. The molecular formula is C32H23N3S+2. The highest BCUT2D eigenvalue weighted by Crippen LogP contribution is 2.57. The number of hydrogen-bond donors (Lipinski definition) is 0. The first-order valence-electron chi connectivity index (χ1n) is 12.7. The molecule has 0 bridgehead atoms. The van der Waals surface area contributed by atoms with E-state index in [1.807, 2.05) is 11.8 Å². The molecule has 5 heterocycles. The molecule has 1 unspecified atom stereocenters. The van der Waals surface area contributed by atoms with Crippen LogP contribution in [0.2, 0.25) is 0 Å². The summed E-state index contributed by atoms with van der Waals surface area (Å²) in [7, 11) is 0. The first-order valence-corrected chi connectivity index (χ1v) is 13.5. The summed E-state index contributed by atoms with van der Waals surface area (Å²) in [6, 6.07) is 34.2. The first kappa shape index (κ1) is 19.3. The van der Waals surface area contributed by atoms with Crippen LogP contribution >= 0.6 is 11.8 Å². The molecule has 36 heavy (non-hydrogen) atoms. The second-order valence-corrected chi connectivity index (χ2v) is 11.5. The molecule has 0 saturated heterocycles. The fourth-order valence-corrected chi connectivity index (χ4v) is 8.37. The van der Waals surface area contributed by atoms with E-state index >= 15 is 0 Å². The topological polar surface area (TPSA) is 12.7 Å². The Morgan fingerprint density at radius 1 is 0.833 bits per heavy atom. The average Bonchev–Trinajstić information content (AvgIpc) is 3.51. The minimum atomic E-state index is -0.455. The number of hydrogen-bond acceptors (Lipinski definition) is 1. The minimum absolute atomic E-state index is 0.309. The average molecular weight is 482 g/mol. The van der Waals surface area contributed by atoms with Crippen LogP contribution in [0.25, 0.3) is 38.8 Å². The summed E-state index contributed by atoms with van der Waals surface area (Å²) in [5.41, 5.74) is 8.93. The molecule has 170 valence electrons. The zero-order valence-electron chi connectivity index (χ0n) is 20.1. The molecule has 0 amide bonds. The summed E-state index contributed by atoms with van der Waals surface area (Å²) in [6.45, 7) is 4.65. The van der Waals surface area contributed by atoms with Crippen LogP contribution in [-0.2, 0) is 5.54 Å². The fraction of sp³-hybridized carbons (Fsp3) is 0.125. The Morgan fingerprint density at radius 2 is 1.67 bits per heavy atom. The van der Waals surface area contributed by atoms with Gasteiger partial charge < -0.3 is 0 Å². The van der Waals surface area contributed by atoms with Crippen LogP contribution in [-0.4, -0.2) is 4.57 Å². The Balaban J connectivity index is 1.65. The van der Waals surface area contributed by atoms with Gasteiger partial charge in [0.1, 0.15) is 0 Å². The van der Waals surface area contributed by atoms with Gasteiger partial charge in [-0.25, -0.2) is 4.57 Å². The van der Waals surface area contributed by atoms with Crippen molar-refractivity contribution in [1.29, 1.82) is 0 Å². The fourth-order valence-electron chi connectivity index (χ4n) is 7.21. The second-order valence-electron chi connectivity index (χ2n) is 10.4. The van der Waals surface area contributed by atoms with Gasteiger partial charge in [0.15, 0.2) is 22.9 Å². The van der Waals surface area contributed by atoms with Crippen LogP contribution in [0.1, 0.15) is 36.8 Å². The molecule has 2 aromatic heterocycles. The lowest BCUT2D eigenvalue weighted by atomic mass is 9.80. The van der Waals surface area contributed by atoms with Gasteiger partial charge in [-0.2, -0.15) is 9.13 Å². The normalized spacial score (nSPS) is 18.0. The van der Waals surface area contributed by atoms with E-state index in [0.717, 1.165) is 0 Å². The molecule has 1 atom stereocenters. The van der Waals surface area contributed by atoms with Crippen LogP contribution in [0.4, 0.5) is 0 Å². The van der Waals surface area contributed by atoms with Gasteiger partial charge in [0.05, 0.1) is 32.5 Å². The first-order chi connectivity index (χ1) is 17.7. The molecule has 0 saturated carbocycles. The Bertz CT molecular complexity index is 1920. The van der Waals surface area contributed by atoms with Crippen molar-refractivity contribution in [2.24, 2.45) is 0 Å². The number of para-hydroxylation sites is 1. The molecule has 4 aromatic carbocycles. The lowest BCUT2D eigenvalue weighted by Gasteiger charge is -2.22. The van der Waals surface area contributed by atoms with Gasteiger partial charge in [0.25, 0.3) is 0 Å². The summed E-state index contributed by atoms with van der Waals surface area (Å²) < 4.78 is 7.78. The van der Waals surface area contributed by atoms with Gasteiger partial charge >= 0.3 is 11.4 Å². The lowest BCUT2D eigenvalue weighted by molar-refractivity contribution is -0.733. The number of imidazole rings is 1. The third-order valence-corrected chi connectivity index (χ3v) is 9.43. The Morgan fingerprint density at radius 3 is 2.58 bits per heavy atom. The summed E-state index contributed by atoms with van der Waals surface area (Å²) >= 11 is 1.92. The van der Waals surface area contributed by atoms with E-state index in [0.29, 0.717) is 6.04 Å². The van der Waals surface area contributed by atoms with Crippen LogP contribution < -0.4 is 9.13 Å². The van der Waals surface area contributed by atoms with Crippen molar-refractivity contribution in [3.05, 3.63) is 114 Å².